The molecular formula is C17H20N4O. The van der Waals surface area contributed by atoms with Gasteiger partial charge in [-0.3, -0.25) is 0 Å². The van der Waals surface area contributed by atoms with E-state index in [1.807, 2.05) is 30.5 Å². The molecule has 5 nitrogen and oxygen atoms in total. The second-order valence-corrected chi connectivity index (χ2v) is 5.46. The number of H-pyrrole nitrogens is 1. The zero-order valence-electron chi connectivity index (χ0n) is 12.8. The van der Waals surface area contributed by atoms with Crippen LogP contribution in [0, 0.1) is 5.92 Å². The maximum atomic E-state index is 5.41. The van der Waals surface area contributed by atoms with Crippen LogP contribution >= 0.6 is 0 Å². The van der Waals surface area contributed by atoms with E-state index in [-0.39, 0.29) is 0 Å². The molecule has 5 heteroatoms. The first kappa shape index (κ1) is 14.4. The Bertz CT molecular complexity index is 753. The number of para-hydroxylation sites is 1. The molecular weight excluding hydrogens is 276 g/mol. The first-order valence-corrected chi connectivity index (χ1v) is 7.41. The van der Waals surface area contributed by atoms with Crippen molar-refractivity contribution < 1.29 is 4.74 Å². The molecule has 0 radical (unpaired) electrons. The zero-order chi connectivity index (χ0) is 15.4. The van der Waals surface area contributed by atoms with Crippen LogP contribution < -0.4 is 10.1 Å². The SMILES string of the molecule is COc1ccccc1CC(C)CNc1ncnc2[nH]ccc12. The number of aromatic amines is 1. The van der Waals surface area contributed by atoms with Crippen LogP contribution in [0.15, 0.2) is 42.9 Å². The molecule has 1 atom stereocenters. The first-order valence-electron chi connectivity index (χ1n) is 7.41. The molecule has 0 aliphatic carbocycles. The third-order valence-corrected chi connectivity index (χ3v) is 3.73. The lowest BCUT2D eigenvalue weighted by molar-refractivity contribution is 0.406. The standard InChI is InChI=1S/C17H20N4O/c1-12(9-13-5-3-4-6-15(13)22-2)10-19-17-14-7-8-18-16(14)20-11-21-17/h3-8,11-12H,9-10H2,1-2H3,(H2,18,19,20,21). The number of fused-ring (bicyclic) bond motifs is 1. The molecule has 22 heavy (non-hydrogen) atoms. The summed E-state index contributed by atoms with van der Waals surface area (Å²) in [6.45, 7) is 3.06. The predicted octanol–water partition coefficient (Wildman–Crippen LogP) is 3.26. The second kappa shape index (κ2) is 6.47. The van der Waals surface area contributed by atoms with E-state index in [0.717, 1.165) is 35.6 Å². The van der Waals surface area contributed by atoms with E-state index in [0.29, 0.717) is 5.92 Å². The van der Waals surface area contributed by atoms with Gasteiger partial charge in [-0.05, 0) is 30.0 Å². The molecule has 114 valence electrons. The fourth-order valence-corrected chi connectivity index (χ4v) is 2.60. The Kier molecular flexibility index (Phi) is 4.23. The van der Waals surface area contributed by atoms with E-state index < -0.39 is 0 Å². The maximum absolute atomic E-state index is 5.41. The van der Waals surface area contributed by atoms with Crippen molar-refractivity contribution in [2.45, 2.75) is 13.3 Å². The van der Waals surface area contributed by atoms with Gasteiger partial charge >= 0.3 is 0 Å². The number of nitrogens with zero attached hydrogens (tertiary/aromatic N) is 2. The lowest BCUT2D eigenvalue weighted by Crippen LogP contribution is -2.15. The van der Waals surface area contributed by atoms with Crippen molar-refractivity contribution in [3.05, 3.63) is 48.4 Å². The Balaban J connectivity index is 1.65. The average Bonchev–Trinajstić information content (AvgIpc) is 3.02. The van der Waals surface area contributed by atoms with E-state index in [2.05, 4.69) is 33.3 Å². The highest BCUT2D eigenvalue weighted by atomic mass is 16.5. The van der Waals surface area contributed by atoms with Crippen molar-refractivity contribution in [3.63, 3.8) is 0 Å². The predicted molar refractivity (Wildman–Crippen MR) is 88.2 cm³/mol. The fourth-order valence-electron chi connectivity index (χ4n) is 2.60. The molecule has 0 amide bonds. The zero-order valence-corrected chi connectivity index (χ0v) is 12.8. The van der Waals surface area contributed by atoms with Gasteiger partial charge in [0.15, 0.2) is 0 Å². The number of ether oxygens (including phenoxy) is 1. The van der Waals surface area contributed by atoms with Crippen LogP contribution in [0.1, 0.15) is 12.5 Å². The molecule has 0 fully saturated rings. The number of aromatic nitrogens is 3. The molecule has 2 heterocycles. The highest BCUT2D eigenvalue weighted by Crippen LogP contribution is 2.22. The maximum Gasteiger partial charge on any atom is 0.142 e. The summed E-state index contributed by atoms with van der Waals surface area (Å²) in [7, 11) is 1.71. The molecule has 0 aliphatic heterocycles. The van der Waals surface area contributed by atoms with Gasteiger partial charge < -0.3 is 15.0 Å². The molecule has 0 spiro atoms. The van der Waals surface area contributed by atoms with Gasteiger partial charge in [0.2, 0.25) is 0 Å². The van der Waals surface area contributed by atoms with Crippen LogP contribution in [0.25, 0.3) is 11.0 Å². The number of hydrogen-bond donors (Lipinski definition) is 2. The molecule has 3 aromatic rings. The third kappa shape index (κ3) is 3.03. The van der Waals surface area contributed by atoms with Crippen molar-refractivity contribution in [2.24, 2.45) is 5.92 Å². The van der Waals surface area contributed by atoms with E-state index >= 15 is 0 Å². The van der Waals surface area contributed by atoms with Gasteiger partial charge in [-0.2, -0.15) is 0 Å². The van der Waals surface area contributed by atoms with Crippen molar-refractivity contribution in [1.82, 2.24) is 15.0 Å². The van der Waals surface area contributed by atoms with E-state index in [1.165, 1.54) is 5.56 Å². The molecule has 2 aromatic heterocycles. The molecule has 0 saturated heterocycles. The minimum atomic E-state index is 0.459. The second-order valence-electron chi connectivity index (χ2n) is 5.46. The van der Waals surface area contributed by atoms with E-state index in [9.17, 15) is 0 Å². The van der Waals surface area contributed by atoms with Crippen LogP contribution in [-0.2, 0) is 6.42 Å². The van der Waals surface area contributed by atoms with Crippen LogP contribution in [0.5, 0.6) is 5.75 Å². The summed E-state index contributed by atoms with van der Waals surface area (Å²) in [5, 5.41) is 4.44. The molecule has 0 saturated carbocycles. The number of anilines is 1. The van der Waals surface area contributed by atoms with Crippen molar-refractivity contribution >= 4 is 16.9 Å². The highest BCUT2D eigenvalue weighted by Gasteiger charge is 2.10. The minimum Gasteiger partial charge on any atom is -0.496 e. The van der Waals surface area contributed by atoms with Crippen LogP contribution in [0.2, 0.25) is 0 Å². The van der Waals surface area contributed by atoms with Crippen LogP contribution in [0.4, 0.5) is 5.82 Å². The molecule has 2 N–H and O–H groups in total. The summed E-state index contributed by atoms with van der Waals surface area (Å²) in [5.74, 6) is 2.28. The fraction of sp³-hybridized carbons (Fsp3) is 0.294. The Hall–Kier alpha value is -2.56. The van der Waals surface area contributed by atoms with Crippen molar-refractivity contribution in [1.29, 1.82) is 0 Å². The summed E-state index contributed by atoms with van der Waals surface area (Å²) in [5.41, 5.74) is 2.09. The van der Waals surface area contributed by atoms with Gasteiger partial charge in [0.1, 0.15) is 23.5 Å². The Labute approximate surface area is 129 Å². The van der Waals surface area contributed by atoms with Gasteiger partial charge in [-0.15, -0.1) is 0 Å². The van der Waals surface area contributed by atoms with Gasteiger partial charge in [-0.25, -0.2) is 9.97 Å². The van der Waals surface area contributed by atoms with Gasteiger partial charge in [0.05, 0.1) is 12.5 Å². The number of methoxy groups -OCH3 is 1. The van der Waals surface area contributed by atoms with Gasteiger partial charge in [0, 0.05) is 12.7 Å². The Morgan fingerprint density at radius 2 is 2.09 bits per heavy atom. The monoisotopic (exact) mass is 296 g/mol. The molecule has 1 unspecified atom stereocenters. The molecule has 0 bridgehead atoms. The average molecular weight is 296 g/mol. The molecule has 3 rings (SSSR count). The lowest BCUT2D eigenvalue weighted by Gasteiger charge is -2.15. The van der Waals surface area contributed by atoms with Crippen LogP contribution in [-0.4, -0.2) is 28.6 Å². The van der Waals surface area contributed by atoms with E-state index in [1.54, 1.807) is 13.4 Å². The minimum absolute atomic E-state index is 0.459. The number of nitrogens with one attached hydrogen (secondary N) is 2. The highest BCUT2D eigenvalue weighted by molar-refractivity contribution is 5.86. The van der Waals surface area contributed by atoms with E-state index in [4.69, 9.17) is 4.74 Å². The van der Waals surface area contributed by atoms with Gasteiger partial charge in [-0.1, -0.05) is 25.1 Å². The molecule has 1 aromatic carbocycles. The summed E-state index contributed by atoms with van der Waals surface area (Å²) >= 11 is 0. The molecule has 0 aliphatic rings. The smallest absolute Gasteiger partial charge is 0.142 e. The number of rotatable bonds is 6. The largest absolute Gasteiger partial charge is 0.496 e. The van der Waals surface area contributed by atoms with Crippen molar-refractivity contribution in [2.75, 3.05) is 19.0 Å². The summed E-state index contributed by atoms with van der Waals surface area (Å²) in [6, 6.07) is 10.1. The Morgan fingerprint density at radius 3 is 2.95 bits per heavy atom. The number of hydrogen-bond acceptors (Lipinski definition) is 4. The first-order chi connectivity index (χ1) is 10.8. The quantitative estimate of drug-likeness (QED) is 0.733. The topological polar surface area (TPSA) is 62.8 Å². The summed E-state index contributed by atoms with van der Waals surface area (Å²) in [4.78, 5) is 11.6. The summed E-state index contributed by atoms with van der Waals surface area (Å²) in [6.07, 6.45) is 4.41. The Morgan fingerprint density at radius 1 is 1.23 bits per heavy atom. The summed E-state index contributed by atoms with van der Waals surface area (Å²) < 4.78 is 5.41. The van der Waals surface area contributed by atoms with Gasteiger partial charge in [0.25, 0.3) is 0 Å². The number of benzene rings is 1. The lowest BCUT2D eigenvalue weighted by atomic mass is 10.0. The van der Waals surface area contributed by atoms with Crippen molar-refractivity contribution in [3.8, 4) is 5.75 Å². The van der Waals surface area contributed by atoms with Crippen LogP contribution in [0.3, 0.4) is 0 Å². The third-order valence-electron chi connectivity index (χ3n) is 3.73. The normalized spacial score (nSPS) is 12.3.